The van der Waals surface area contributed by atoms with Gasteiger partial charge in [0.25, 0.3) is 5.91 Å². The molecule has 29 heavy (non-hydrogen) atoms. The van der Waals surface area contributed by atoms with Crippen molar-refractivity contribution < 1.29 is 9.59 Å². The molecule has 3 aromatic rings. The molecule has 0 radical (unpaired) electrons. The van der Waals surface area contributed by atoms with Crippen molar-refractivity contribution in [3.63, 3.8) is 0 Å². The number of urea groups is 1. The molecule has 3 rings (SSSR count). The SMILES string of the molecule is CC(NC(=O)NC(C(=O)Nc1ccccc1)c1ccccc1)c1ccc(Br)cc1. The molecule has 0 aromatic heterocycles. The van der Waals surface area contributed by atoms with Gasteiger partial charge in [0, 0.05) is 10.2 Å². The van der Waals surface area contributed by atoms with Crippen LogP contribution in [-0.2, 0) is 4.79 Å². The van der Waals surface area contributed by atoms with Gasteiger partial charge in [-0.1, -0.05) is 76.6 Å². The molecule has 0 aliphatic heterocycles. The third-order valence-electron chi connectivity index (χ3n) is 4.43. The summed E-state index contributed by atoms with van der Waals surface area (Å²) in [5.74, 6) is -0.311. The molecule has 3 amide bonds. The van der Waals surface area contributed by atoms with Crippen molar-refractivity contribution in [3.8, 4) is 0 Å². The first kappa shape index (κ1) is 20.6. The second-order valence-electron chi connectivity index (χ2n) is 6.59. The molecule has 0 fully saturated rings. The number of hydrogen-bond donors (Lipinski definition) is 3. The minimum absolute atomic E-state index is 0.211. The summed E-state index contributed by atoms with van der Waals surface area (Å²) in [6, 6.07) is 24.6. The number of benzene rings is 3. The van der Waals surface area contributed by atoms with E-state index in [1.54, 1.807) is 12.1 Å². The Hall–Kier alpha value is -3.12. The summed E-state index contributed by atoms with van der Waals surface area (Å²) in [6.07, 6.45) is 0. The predicted molar refractivity (Wildman–Crippen MR) is 118 cm³/mol. The number of hydrogen-bond acceptors (Lipinski definition) is 2. The number of carbonyl (C=O) groups excluding carboxylic acids is 2. The van der Waals surface area contributed by atoms with Crippen LogP contribution >= 0.6 is 15.9 Å². The van der Waals surface area contributed by atoms with Crippen molar-refractivity contribution in [2.24, 2.45) is 0 Å². The van der Waals surface area contributed by atoms with E-state index in [1.165, 1.54) is 0 Å². The molecule has 5 nitrogen and oxygen atoms in total. The number of anilines is 1. The standard InChI is InChI=1S/C23H22BrN3O2/c1-16(17-12-14-19(24)15-13-17)25-23(29)27-21(18-8-4-2-5-9-18)22(28)26-20-10-6-3-7-11-20/h2-16,21H,1H3,(H,26,28)(H2,25,27,29). The van der Waals surface area contributed by atoms with E-state index in [9.17, 15) is 9.59 Å². The van der Waals surface area contributed by atoms with Crippen molar-refractivity contribution in [3.05, 3.63) is 101 Å². The molecule has 0 bridgehead atoms. The first-order chi connectivity index (χ1) is 14.0. The fourth-order valence-electron chi connectivity index (χ4n) is 2.89. The second kappa shape index (κ2) is 9.89. The van der Waals surface area contributed by atoms with E-state index in [2.05, 4.69) is 31.9 Å². The van der Waals surface area contributed by atoms with Crippen LogP contribution in [0.4, 0.5) is 10.5 Å². The van der Waals surface area contributed by atoms with Crippen LogP contribution in [0.25, 0.3) is 0 Å². The monoisotopic (exact) mass is 451 g/mol. The fraction of sp³-hybridized carbons (Fsp3) is 0.130. The van der Waals surface area contributed by atoms with Crippen LogP contribution in [0.2, 0.25) is 0 Å². The van der Waals surface area contributed by atoms with Gasteiger partial charge >= 0.3 is 6.03 Å². The smallest absolute Gasteiger partial charge is 0.316 e. The average Bonchev–Trinajstić information content (AvgIpc) is 2.73. The van der Waals surface area contributed by atoms with Gasteiger partial charge < -0.3 is 16.0 Å². The topological polar surface area (TPSA) is 70.2 Å². The van der Waals surface area contributed by atoms with Gasteiger partial charge in [-0.15, -0.1) is 0 Å². The second-order valence-corrected chi connectivity index (χ2v) is 7.51. The van der Waals surface area contributed by atoms with Gasteiger partial charge in [0.2, 0.25) is 0 Å². The van der Waals surface area contributed by atoms with Gasteiger partial charge in [0.15, 0.2) is 0 Å². The summed E-state index contributed by atoms with van der Waals surface area (Å²) in [5.41, 5.74) is 2.34. The summed E-state index contributed by atoms with van der Waals surface area (Å²) in [4.78, 5) is 25.5. The number of amides is 3. The lowest BCUT2D eigenvalue weighted by molar-refractivity contribution is -0.118. The van der Waals surface area contributed by atoms with E-state index in [0.29, 0.717) is 11.3 Å². The molecular formula is C23H22BrN3O2. The molecular weight excluding hydrogens is 430 g/mol. The highest BCUT2D eigenvalue weighted by Crippen LogP contribution is 2.18. The van der Waals surface area contributed by atoms with Crippen LogP contribution < -0.4 is 16.0 Å². The molecule has 148 valence electrons. The minimum atomic E-state index is -0.825. The number of para-hydroxylation sites is 1. The molecule has 2 atom stereocenters. The number of halogens is 1. The zero-order chi connectivity index (χ0) is 20.6. The van der Waals surface area contributed by atoms with Crippen molar-refractivity contribution in [2.45, 2.75) is 19.0 Å². The van der Waals surface area contributed by atoms with Gasteiger partial charge in [0.1, 0.15) is 6.04 Å². The molecule has 0 aliphatic carbocycles. The Morgan fingerprint density at radius 3 is 1.97 bits per heavy atom. The minimum Gasteiger partial charge on any atom is -0.332 e. The zero-order valence-corrected chi connectivity index (χ0v) is 17.5. The first-order valence-electron chi connectivity index (χ1n) is 9.26. The molecule has 3 aromatic carbocycles. The Kier molecular flexibility index (Phi) is 7.03. The normalized spacial score (nSPS) is 12.5. The molecule has 0 heterocycles. The van der Waals surface area contributed by atoms with Crippen LogP contribution in [-0.4, -0.2) is 11.9 Å². The van der Waals surface area contributed by atoms with Crippen molar-refractivity contribution in [1.29, 1.82) is 0 Å². The van der Waals surface area contributed by atoms with Crippen LogP contribution in [0.1, 0.15) is 30.1 Å². The van der Waals surface area contributed by atoms with Crippen LogP contribution in [0, 0.1) is 0 Å². The Morgan fingerprint density at radius 1 is 0.759 bits per heavy atom. The third-order valence-corrected chi connectivity index (χ3v) is 4.96. The Labute approximate surface area is 178 Å². The van der Waals surface area contributed by atoms with Crippen LogP contribution in [0.3, 0.4) is 0 Å². The maximum Gasteiger partial charge on any atom is 0.316 e. The van der Waals surface area contributed by atoms with Gasteiger partial charge in [-0.2, -0.15) is 0 Å². The van der Waals surface area contributed by atoms with E-state index < -0.39 is 12.1 Å². The van der Waals surface area contributed by atoms with Crippen LogP contribution in [0.15, 0.2) is 89.4 Å². The highest BCUT2D eigenvalue weighted by Gasteiger charge is 2.23. The summed E-state index contributed by atoms with van der Waals surface area (Å²) in [5, 5.41) is 8.53. The molecule has 0 spiro atoms. The van der Waals surface area contributed by atoms with Gasteiger partial charge in [-0.25, -0.2) is 4.79 Å². The number of rotatable bonds is 6. The van der Waals surface area contributed by atoms with E-state index in [1.807, 2.05) is 79.7 Å². The first-order valence-corrected chi connectivity index (χ1v) is 10.1. The largest absolute Gasteiger partial charge is 0.332 e. The van der Waals surface area contributed by atoms with Gasteiger partial charge in [0.05, 0.1) is 6.04 Å². The maximum absolute atomic E-state index is 12.9. The number of carbonyl (C=O) groups is 2. The van der Waals surface area contributed by atoms with Crippen molar-refractivity contribution in [1.82, 2.24) is 10.6 Å². The molecule has 2 unspecified atom stereocenters. The lowest BCUT2D eigenvalue weighted by Gasteiger charge is -2.21. The molecule has 0 saturated carbocycles. The van der Waals surface area contributed by atoms with Crippen molar-refractivity contribution >= 4 is 33.6 Å². The summed E-state index contributed by atoms with van der Waals surface area (Å²) < 4.78 is 0.972. The average molecular weight is 452 g/mol. The summed E-state index contributed by atoms with van der Waals surface area (Å²) >= 11 is 3.40. The highest BCUT2D eigenvalue weighted by atomic mass is 79.9. The molecule has 6 heteroatoms. The van der Waals surface area contributed by atoms with E-state index in [4.69, 9.17) is 0 Å². The van der Waals surface area contributed by atoms with Crippen molar-refractivity contribution in [2.75, 3.05) is 5.32 Å². The predicted octanol–water partition coefficient (Wildman–Crippen LogP) is 5.19. The highest BCUT2D eigenvalue weighted by molar-refractivity contribution is 9.10. The molecule has 0 aliphatic rings. The van der Waals surface area contributed by atoms with E-state index in [-0.39, 0.29) is 11.9 Å². The summed E-state index contributed by atoms with van der Waals surface area (Å²) in [7, 11) is 0. The molecule has 3 N–H and O–H groups in total. The Balaban J connectivity index is 1.71. The lowest BCUT2D eigenvalue weighted by Crippen LogP contribution is -2.43. The maximum atomic E-state index is 12.9. The lowest BCUT2D eigenvalue weighted by atomic mass is 10.1. The number of nitrogens with one attached hydrogen (secondary N) is 3. The fourth-order valence-corrected chi connectivity index (χ4v) is 3.15. The van der Waals surface area contributed by atoms with E-state index >= 15 is 0 Å². The van der Waals surface area contributed by atoms with Gasteiger partial charge in [-0.3, -0.25) is 4.79 Å². The zero-order valence-electron chi connectivity index (χ0n) is 15.9. The summed E-state index contributed by atoms with van der Waals surface area (Å²) in [6.45, 7) is 1.89. The Bertz CT molecular complexity index is 947. The third kappa shape index (κ3) is 5.93. The van der Waals surface area contributed by atoms with E-state index in [0.717, 1.165) is 10.0 Å². The van der Waals surface area contributed by atoms with Gasteiger partial charge in [-0.05, 0) is 42.3 Å². The quantitative estimate of drug-likeness (QED) is 0.482. The Morgan fingerprint density at radius 2 is 1.34 bits per heavy atom. The molecule has 0 saturated heterocycles. The van der Waals surface area contributed by atoms with Crippen LogP contribution in [0.5, 0.6) is 0 Å².